The molecule has 0 radical (unpaired) electrons. The molecule has 0 saturated heterocycles. The van der Waals surface area contributed by atoms with Gasteiger partial charge in [-0.3, -0.25) is 0 Å². The van der Waals surface area contributed by atoms with E-state index in [9.17, 15) is 0 Å². The summed E-state index contributed by atoms with van der Waals surface area (Å²) in [7, 11) is 1.97. The molecule has 0 aromatic carbocycles. The van der Waals surface area contributed by atoms with Gasteiger partial charge in [0.2, 0.25) is 0 Å². The second-order valence-electron chi connectivity index (χ2n) is 7.19. The molecule has 0 bridgehead atoms. The molecule has 1 heteroatoms. The van der Waals surface area contributed by atoms with E-state index >= 15 is 0 Å². The van der Waals surface area contributed by atoms with Gasteiger partial charge in [0.15, 0.2) is 0 Å². The zero-order valence-electron chi connectivity index (χ0n) is 15.5. The summed E-state index contributed by atoms with van der Waals surface area (Å²) in [5, 5.41) is 3.07. The van der Waals surface area contributed by atoms with E-state index in [1.54, 1.807) is 0 Å². The van der Waals surface area contributed by atoms with Crippen LogP contribution in [0.4, 0.5) is 0 Å². The molecule has 0 aliphatic carbocycles. The summed E-state index contributed by atoms with van der Waals surface area (Å²) in [6.45, 7) is 9.49. The molecule has 0 aromatic rings. The third-order valence-electron chi connectivity index (χ3n) is 4.64. The van der Waals surface area contributed by atoms with E-state index in [2.05, 4.69) is 45.3 Å². The Kier molecular flexibility index (Phi) is 14.2. The first-order valence-electron chi connectivity index (χ1n) is 9.44. The van der Waals surface area contributed by atoms with Crippen molar-refractivity contribution in [3.05, 3.63) is 12.3 Å². The molecule has 0 aliphatic rings. The van der Waals surface area contributed by atoms with Crippen molar-refractivity contribution in [2.24, 2.45) is 17.8 Å². The Morgan fingerprint density at radius 1 is 0.762 bits per heavy atom. The third-order valence-corrected chi connectivity index (χ3v) is 4.64. The molecule has 3 atom stereocenters. The van der Waals surface area contributed by atoms with Gasteiger partial charge in [0.25, 0.3) is 0 Å². The fourth-order valence-electron chi connectivity index (χ4n) is 2.99. The first kappa shape index (κ1) is 20.5. The van der Waals surface area contributed by atoms with Gasteiger partial charge in [-0.25, -0.2) is 0 Å². The predicted octanol–water partition coefficient (Wildman–Crippen LogP) is 6.55. The lowest BCUT2D eigenvalue weighted by Crippen LogP contribution is -2.01. The molecular formula is C20H41N. The summed E-state index contributed by atoms with van der Waals surface area (Å²) in [5.74, 6) is 2.56. The molecule has 0 saturated carbocycles. The summed E-state index contributed by atoms with van der Waals surface area (Å²) < 4.78 is 0. The summed E-state index contributed by atoms with van der Waals surface area (Å²) >= 11 is 0. The van der Waals surface area contributed by atoms with Crippen molar-refractivity contribution in [2.45, 2.75) is 91.9 Å². The van der Waals surface area contributed by atoms with E-state index < -0.39 is 0 Å². The molecule has 0 heterocycles. The van der Waals surface area contributed by atoms with Gasteiger partial charge < -0.3 is 5.32 Å². The first-order chi connectivity index (χ1) is 10.1. The molecule has 1 nitrogen and oxygen atoms in total. The van der Waals surface area contributed by atoms with Crippen LogP contribution in [0.2, 0.25) is 0 Å². The van der Waals surface area contributed by atoms with Gasteiger partial charge in [-0.05, 0) is 30.4 Å². The van der Waals surface area contributed by atoms with Crippen LogP contribution in [0.1, 0.15) is 91.9 Å². The first-order valence-corrected chi connectivity index (χ1v) is 9.44. The van der Waals surface area contributed by atoms with Crippen LogP contribution in [0.25, 0.3) is 0 Å². The predicted molar refractivity (Wildman–Crippen MR) is 97.5 cm³/mol. The average Bonchev–Trinajstić information content (AvgIpc) is 2.45. The molecule has 0 amide bonds. The van der Waals surface area contributed by atoms with Crippen LogP contribution < -0.4 is 5.32 Å². The van der Waals surface area contributed by atoms with Gasteiger partial charge in [-0.2, -0.15) is 0 Å². The Labute approximate surface area is 135 Å². The lowest BCUT2D eigenvalue weighted by molar-refractivity contribution is 0.390. The van der Waals surface area contributed by atoms with Crippen molar-refractivity contribution in [2.75, 3.05) is 7.05 Å². The quantitative estimate of drug-likeness (QED) is 0.358. The minimum atomic E-state index is 0.711. The highest BCUT2D eigenvalue weighted by Gasteiger charge is 2.06. The number of allylic oxidation sites excluding steroid dienone is 1. The van der Waals surface area contributed by atoms with Gasteiger partial charge in [0.1, 0.15) is 0 Å². The van der Waals surface area contributed by atoms with Crippen molar-refractivity contribution in [3.8, 4) is 0 Å². The summed E-state index contributed by atoms with van der Waals surface area (Å²) in [5.41, 5.74) is 0. The van der Waals surface area contributed by atoms with E-state index in [4.69, 9.17) is 0 Å². The topological polar surface area (TPSA) is 12.0 Å². The third kappa shape index (κ3) is 14.2. The Bertz CT molecular complexity index is 234. The summed E-state index contributed by atoms with van der Waals surface area (Å²) in [6, 6.07) is 0. The van der Waals surface area contributed by atoms with E-state index in [1.807, 2.05) is 7.05 Å². The van der Waals surface area contributed by atoms with Crippen molar-refractivity contribution >= 4 is 0 Å². The minimum Gasteiger partial charge on any atom is -0.394 e. The largest absolute Gasteiger partial charge is 0.394 e. The Morgan fingerprint density at radius 2 is 1.29 bits per heavy atom. The second-order valence-corrected chi connectivity index (χ2v) is 7.19. The number of hydrogen-bond acceptors (Lipinski definition) is 1. The zero-order valence-corrected chi connectivity index (χ0v) is 15.5. The molecule has 0 aromatic heterocycles. The monoisotopic (exact) mass is 295 g/mol. The minimum absolute atomic E-state index is 0.711. The molecule has 0 aliphatic heterocycles. The summed E-state index contributed by atoms with van der Waals surface area (Å²) in [6.07, 6.45) is 18.4. The van der Waals surface area contributed by atoms with Gasteiger partial charge >= 0.3 is 0 Å². The fraction of sp³-hybridized carbons (Fsp3) is 0.900. The van der Waals surface area contributed by atoms with Crippen LogP contribution in [0.3, 0.4) is 0 Å². The molecular weight excluding hydrogens is 254 g/mol. The smallest absolute Gasteiger partial charge is 0.00276 e. The molecule has 21 heavy (non-hydrogen) atoms. The van der Waals surface area contributed by atoms with Gasteiger partial charge in [-0.15, -0.1) is 0 Å². The Morgan fingerprint density at radius 3 is 1.81 bits per heavy atom. The average molecular weight is 296 g/mol. The second kappa shape index (κ2) is 14.5. The van der Waals surface area contributed by atoms with Crippen molar-refractivity contribution in [3.63, 3.8) is 0 Å². The van der Waals surface area contributed by atoms with Crippen LogP contribution in [0.15, 0.2) is 12.3 Å². The number of unbranched alkanes of at least 4 members (excludes halogenated alkanes) is 2. The van der Waals surface area contributed by atoms with Crippen molar-refractivity contribution in [1.29, 1.82) is 0 Å². The molecule has 126 valence electrons. The highest BCUT2D eigenvalue weighted by Crippen LogP contribution is 2.21. The number of hydrogen-bond donors (Lipinski definition) is 1. The van der Waals surface area contributed by atoms with Gasteiger partial charge in [-0.1, -0.05) is 91.6 Å². The van der Waals surface area contributed by atoms with Crippen LogP contribution in [0.5, 0.6) is 0 Å². The Balaban J connectivity index is 3.49. The molecule has 0 spiro atoms. The van der Waals surface area contributed by atoms with E-state index in [0.717, 1.165) is 11.8 Å². The maximum Gasteiger partial charge on any atom is 0.00276 e. The van der Waals surface area contributed by atoms with Crippen LogP contribution >= 0.6 is 0 Å². The highest BCUT2D eigenvalue weighted by atomic mass is 14.8. The SMILES string of the molecule is CCCCCC(C)CCCC(C)CCCC(C)C=CNC. The lowest BCUT2D eigenvalue weighted by Gasteiger charge is -2.15. The molecule has 3 unspecified atom stereocenters. The summed E-state index contributed by atoms with van der Waals surface area (Å²) in [4.78, 5) is 0. The maximum atomic E-state index is 3.07. The van der Waals surface area contributed by atoms with E-state index in [0.29, 0.717) is 5.92 Å². The van der Waals surface area contributed by atoms with Crippen molar-refractivity contribution < 1.29 is 0 Å². The van der Waals surface area contributed by atoms with Crippen LogP contribution in [-0.2, 0) is 0 Å². The normalized spacial score (nSPS) is 16.0. The molecule has 0 rings (SSSR count). The van der Waals surface area contributed by atoms with Crippen LogP contribution in [0, 0.1) is 17.8 Å². The molecule has 1 N–H and O–H groups in total. The maximum absolute atomic E-state index is 3.07. The Hall–Kier alpha value is -0.460. The van der Waals surface area contributed by atoms with Crippen molar-refractivity contribution in [1.82, 2.24) is 5.32 Å². The van der Waals surface area contributed by atoms with E-state index in [1.165, 1.54) is 64.2 Å². The lowest BCUT2D eigenvalue weighted by atomic mass is 9.91. The zero-order chi connectivity index (χ0) is 15.9. The standard InChI is InChI=1S/C20H41N/c1-6-7-8-11-18(2)12-9-13-19(3)14-10-15-20(4)16-17-21-5/h16-21H,6-15H2,1-5H3. The van der Waals surface area contributed by atoms with E-state index in [-0.39, 0.29) is 0 Å². The van der Waals surface area contributed by atoms with Gasteiger partial charge in [0.05, 0.1) is 0 Å². The molecule has 0 fully saturated rings. The highest BCUT2D eigenvalue weighted by molar-refractivity contribution is 4.83. The number of rotatable bonds is 14. The number of nitrogens with one attached hydrogen (secondary N) is 1. The fourth-order valence-corrected chi connectivity index (χ4v) is 2.99. The van der Waals surface area contributed by atoms with Crippen LogP contribution in [-0.4, -0.2) is 7.05 Å². The van der Waals surface area contributed by atoms with Gasteiger partial charge in [0, 0.05) is 7.05 Å².